The molecule has 0 fully saturated rings. The predicted molar refractivity (Wildman–Crippen MR) is 55.4 cm³/mol. The van der Waals surface area contributed by atoms with Gasteiger partial charge in [-0.25, -0.2) is 10.2 Å². The van der Waals surface area contributed by atoms with E-state index in [2.05, 4.69) is 20.8 Å². The summed E-state index contributed by atoms with van der Waals surface area (Å²) in [5, 5.41) is 0. The highest BCUT2D eigenvalue weighted by molar-refractivity contribution is 5.96. The Morgan fingerprint density at radius 2 is 2.00 bits per heavy atom. The number of imidazole rings is 1. The number of amides is 1. The molecule has 6 heteroatoms. The second-order valence-corrected chi connectivity index (χ2v) is 3.04. The van der Waals surface area contributed by atoms with Crippen LogP contribution in [-0.4, -0.2) is 22.9 Å². The van der Waals surface area contributed by atoms with E-state index in [0.717, 1.165) is 0 Å². The van der Waals surface area contributed by atoms with Crippen LogP contribution in [0.4, 0.5) is 0 Å². The molecule has 1 amide bonds. The summed E-state index contributed by atoms with van der Waals surface area (Å²) in [5.74, 6) is -0.249. The number of fused-ring (bicyclic) bond motifs is 1. The van der Waals surface area contributed by atoms with Crippen molar-refractivity contribution in [2.75, 3.05) is 7.05 Å². The van der Waals surface area contributed by atoms with Gasteiger partial charge >= 0.3 is 5.69 Å². The number of nitrogens with one attached hydrogen (secondary N) is 4. The van der Waals surface area contributed by atoms with Crippen LogP contribution in [-0.2, 0) is 0 Å². The predicted octanol–water partition coefficient (Wildman–Crippen LogP) is -0.280. The van der Waals surface area contributed by atoms with E-state index in [9.17, 15) is 9.59 Å². The topological polar surface area (TPSA) is 89.8 Å². The first kappa shape index (κ1) is 9.47. The average Bonchev–Trinajstić information content (AvgIpc) is 2.57. The number of hydrogen-bond acceptors (Lipinski definition) is 3. The summed E-state index contributed by atoms with van der Waals surface area (Å²) in [6.45, 7) is 0. The Kier molecular flexibility index (Phi) is 2.26. The van der Waals surface area contributed by atoms with Gasteiger partial charge < -0.3 is 9.97 Å². The summed E-state index contributed by atoms with van der Waals surface area (Å²) in [6, 6.07) is 4.93. The molecular formula is C9H10N4O2. The highest BCUT2D eigenvalue weighted by atomic mass is 16.2. The van der Waals surface area contributed by atoms with Crippen LogP contribution in [0.2, 0.25) is 0 Å². The van der Waals surface area contributed by atoms with Crippen molar-refractivity contribution >= 4 is 16.9 Å². The van der Waals surface area contributed by atoms with Crippen molar-refractivity contribution in [1.29, 1.82) is 0 Å². The molecule has 0 unspecified atom stereocenters. The number of hydrogen-bond donors (Lipinski definition) is 4. The third-order valence-electron chi connectivity index (χ3n) is 2.02. The fourth-order valence-corrected chi connectivity index (χ4v) is 1.36. The molecule has 1 aromatic heterocycles. The molecule has 15 heavy (non-hydrogen) atoms. The number of aromatic nitrogens is 2. The van der Waals surface area contributed by atoms with E-state index in [0.29, 0.717) is 16.6 Å². The molecule has 1 aromatic carbocycles. The van der Waals surface area contributed by atoms with Crippen LogP contribution in [0.3, 0.4) is 0 Å². The van der Waals surface area contributed by atoms with Crippen LogP contribution >= 0.6 is 0 Å². The van der Waals surface area contributed by atoms with Crippen molar-refractivity contribution in [2.24, 2.45) is 0 Å². The molecule has 0 spiro atoms. The molecule has 0 saturated carbocycles. The van der Waals surface area contributed by atoms with Gasteiger partial charge in [-0.15, -0.1) is 0 Å². The van der Waals surface area contributed by atoms with Gasteiger partial charge in [0, 0.05) is 12.6 Å². The van der Waals surface area contributed by atoms with E-state index in [1.165, 1.54) is 0 Å². The molecule has 2 aromatic rings. The zero-order valence-corrected chi connectivity index (χ0v) is 8.05. The maximum absolute atomic E-state index is 11.4. The van der Waals surface area contributed by atoms with Crippen molar-refractivity contribution in [3.05, 3.63) is 34.2 Å². The number of benzene rings is 1. The van der Waals surface area contributed by atoms with E-state index < -0.39 is 0 Å². The van der Waals surface area contributed by atoms with Gasteiger partial charge in [-0.05, 0) is 18.2 Å². The number of carbonyl (C=O) groups excluding carboxylic acids is 1. The summed E-state index contributed by atoms with van der Waals surface area (Å²) in [4.78, 5) is 27.6. The van der Waals surface area contributed by atoms with Gasteiger partial charge in [-0.2, -0.15) is 0 Å². The summed E-state index contributed by atoms with van der Waals surface area (Å²) in [6.07, 6.45) is 0. The van der Waals surface area contributed by atoms with Crippen LogP contribution in [0.15, 0.2) is 23.0 Å². The summed E-state index contributed by atoms with van der Waals surface area (Å²) in [7, 11) is 1.61. The molecule has 0 aliphatic rings. The Labute approximate surface area is 84.7 Å². The fourth-order valence-electron chi connectivity index (χ4n) is 1.36. The third kappa shape index (κ3) is 1.75. The lowest BCUT2D eigenvalue weighted by atomic mass is 10.2. The van der Waals surface area contributed by atoms with E-state index >= 15 is 0 Å². The van der Waals surface area contributed by atoms with Gasteiger partial charge in [0.1, 0.15) is 0 Å². The largest absolute Gasteiger partial charge is 0.323 e. The van der Waals surface area contributed by atoms with E-state index in [4.69, 9.17) is 0 Å². The summed E-state index contributed by atoms with van der Waals surface area (Å²) < 4.78 is 0. The number of hydrazine groups is 1. The minimum absolute atomic E-state index is 0.249. The summed E-state index contributed by atoms with van der Waals surface area (Å²) >= 11 is 0. The van der Waals surface area contributed by atoms with E-state index in [1.807, 2.05) is 0 Å². The van der Waals surface area contributed by atoms with Crippen LogP contribution in [0.5, 0.6) is 0 Å². The molecule has 78 valence electrons. The molecular weight excluding hydrogens is 196 g/mol. The Morgan fingerprint density at radius 1 is 1.27 bits per heavy atom. The molecule has 0 radical (unpaired) electrons. The van der Waals surface area contributed by atoms with Gasteiger partial charge in [0.15, 0.2) is 0 Å². The minimum Gasteiger partial charge on any atom is -0.306 e. The van der Waals surface area contributed by atoms with Crippen molar-refractivity contribution in [3.8, 4) is 0 Å². The van der Waals surface area contributed by atoms with Gasteiger partial charge in [0.05, 0.1) is 11.0 Å². The average molecular weight is 206 g/mol. The fraction of sp³-hybridized carbons (Fsp3) is 0.111. The van der Waals surface area contributed by atoms with Gasteiger partial charge in [0.25, 0.3) is 5.91 Å². The van der Waals surface area contributed by atoms with Crippen molar-refractivity contribution in [3.63, 3.8) is 0 Å². The SMILES string of the molecule is CNNC(=O)c1ccc2[nH]c(=O)[nH]c2c1. The number of rotatable bonds is 2. The standard InChI is InChI=1S/C9H10N4O2/c1-10-13-8(14)5-2-3-6-7(4-5)12-9(15)11-6/h2-4,10H,1H3,(H,13,14)(H2,11,12,15). The zero-order valence-electron chi connectivity index (χ0n) is 8.05. The first-order valence-corrected chi connectivity index (χ1v) is 4.40. The smallest absolute Gasteiger partial charge is 0.306 e. The van der Waals surface area contributed by atoms with Gasteiger partial charge in [-0.1, -0.05) is 0 Å². The monoisotopic (exact) mass is 206 g/mol. The van der Waals surface area contributed by atoms with Crippen molar-refractivity contribution in [1.82, 2.24) is 20.8 Å². The first-order chi connectivity index (χ1) is 7.20. The van der Waals surface area contributed by atoms with Crippen LogP contribution in [0.1, 0.15) is 10.4 Å². The van der Waals surface area contributed by atoms with Gasteiger partial charge in [-0.3, -0.25) is 10.2 Å². The Morgan fingerprint density at radius 3 is 2.73 bits per heavy atom. The Hall–Kier alpha value is -2.08. The molecule has 0 aliphatic carbocycles. The highest BCUT2D eigenvalue weighted by Gasteiger charge is 2.06. The molecule has 0 atom stereocenters. The van der Waals surface area contributed by atoms with Crippen LogP contribution in [0.25, 0.3) is 11.0 Å². The molecule has 2 rings (SSSR count). The zero-order chi connectivity index (χ0) is 10.8. The van der Waals surface area contributed by atoms with Crippen molar-refractivity contribution in [2.45, 2.75) is 0 Å². The van der Waals surface area contributed by atoms with Crippen molar-refractivity contribution < 1.29 is 4.79 Å². The number of aromatic amines is 2. The summed E-state index contributed by atoms with van der Waals surface area (Å²) in [5.41, 5.74) is 6.48. The number of H-pyrrole nitrogens is 2. The Balaban J connectivity index is 2.46. The second-order valence-electron chi connectivity index (χ2n) is 3.04. The lowest BCUT2D eigenvalue weighted by molar-refractivity contribution is 0.0938. The van der Waals surface area contributed by atoms with Gasteiger partial charge in [0.2, 0.25) is 0 Å². The Bertz CT molecular complexity index is 554. The quantitative estimate of drug-likeness (QED) is 0.509. The molecule has 4 N–H and O–H groups in total. The molecule has 0 aliphatic heterocycles. The van der Waals surface area contributed by atoms with Crippen LogP contribution in [0, 0.1) is 0 Å². The molecule has 6 nitrogen and oxygen atoms in total. The second kappa shape index (κ2) is 3.58. The van der Waals surface area contributed by atoms with E-state index in [-0.39, 0.29) is 11.6 Å². The number of carbonyl (C=O) groups is 1. The lowest BCUT2D eigenvalue weighted by Crippen LogP contribution is -2.34. The maximum atomic E-state index is 11.4. The molecule has 0 bridgehead atoms. The van der Waals surface area contributed by atoms with E-state index in [1.54, 1.807) is 25.2 Å². The lowest BCUT2D eigenvalue weighted by Gasteiger charge is -2.01. The molecule has 0 saturated heterocycles. The highest BCUT2D eigenvalue weighted by Crippen LogP contribution is 2.09. The maximum Gasteiger partial charge on any atom is 0.323 e. The minimum atomic E-state index is -0.281. The third-order valence-corrected chi connectivity index (χ3v) is 2.02. The molecule has 1 heterocycles. The first-order valence-electron chi connectivity index (χ1n) is 4.40. The van der Waals surface area contributed by atoms with Crippen LogP contribution < -0.4 is 16.5 Å². The normalized spacial score (nSPS) is 10.5.